The largest absolute Gasteiger partial charge is 0.480 e. The molecule has 0 aliphatic heterocycles. The number of carboxylic acids is 1. The third-order valence-electron chi connectivity index (χ3n) is 1.90. The van der Waals surface area contributed by atoms with Crippen molar-refractivity contribution in [2.24, 2.45) is 5.73 Å². The summed E-state index contributed by atoms with van der Waals surface area (Å²) in [5, 5.41) is 8.54. The summed E-state index contributed by atoms with van der Waals surface area (Å²) in [7, 11) is -3.17. The second-order valence-corrected chi connectivity index (χ2v) is 5.78. The molecule has 0 rings (SSSR count). The maximum Gasteiger partial charge on any atom is 0.317 e. The van der Waals surface area contributed by atoms with Crippen LogP contribution in [0.5, 0.6) is 0 Å². The van der Waals surface area contributed by atoms with Crippen molar-refractivity contribution >= 4 is 21.7 Å². The Balaban J connectivity index is 4.32. The second-order valence-electron chi connectivity index (χ2n) is 3.31. The molecule has 0 heterocycles. The van der Waals surface area contributed by atoms with E-state index in [0.29, 0.717) is 0 Å². The van der Waals surface area contributed by atoms with Gasteiger partial charge in [-0.1, -0.05) is 6.92 Å². The van der Waals surface area contributed by atoms with E-state index < -0.39 is 28.3 Å². The van der Waals surface area contributed by atoms with E-state index in [-0.39, 0.29) is 24.6 Å². The van der Waals surface area contributed by atoms with Gasteiger partial charge in [-0.2, -0.15) is 0 Å². The number of sulfone groups is 1. The molecule has 0 aliphatic carbocycles. The summed E-state index contributed by atoms with van der Waals surface area (Å²) in [5.74, 6) is -2.00. The van der Waals surface area contributed by atoms with Gasteiger partial charge in [0, 0.05) is 12.3 Å². The summed E-state index contributed by atoms with van der Waals surface area (Å²) in [6.07, 6.45) is 0. The number of aliphatic carboxylic acids is 1. The number of nitrogens with two attached hydrogens (primary N) is 1. The monoisotopic (exact) mass is 252 g/mol. The number of carboxylic acid groups (broad SMARTS) is 1. The first-order valence-corrected chi connectivity index (χ1v) is 6.52. The Morgan fingerprint density at radius 2 is 1.88 bits per heavy atom. The Morgan fingerprint density at radius 1 is 1.31 bits per heavy atom. The molecule has 0 aromatic rings. The number of carbonyl (C=O) groups excluding carboxylic acids is 1. The Kier molecular flexibility index (Phi) is 5.97. The summed E-state index contributed by atoms with van der Waals surface area (Å²) in [6, 6.07) is 0. The molecule has 1 amide bonds. The van der Waals surface area contributed by atoms with E-state index in [1.165, 1.54) is 11.8 Å². The van der Waals surface area contributed by atoms with Crippen molar-refractivity contribution in [3.05, 3.63) is 0 Å². The van der Waals surface area contributed by atoms with Crippen molar-refractivity contribution in [2.75, 3.05) is 31.1 Å². The number of hydrogen-bond acceptors (Lipinski definition) is 5. The molecule has 0 fully saturated rings. The van der Waals surface area contributed by atoms with Crippen LogP contribution >= 0.6 is 0 Å². The minimum absolute atomic E-state index is 0.00852. The van der Waals surface area contributed by atoms with Crippen molar-refractivity contribution in [2.45, 2.75) is 6.92 Å². The molecule has 7 nitrogen and oxygen atoms in total. The molecule has 0 aromatic carbocycles. The molecule has 0 unspecified atom stereocenters. The van der Waals surface area contributed by atoms with Crippen LogP contribution in [0.25, 0.3) is 0 Å². The third-order valence-corrected chi connectivity index (χ3v) is 3.58. The Bertz CT molecular complexity index is 335. The Hall–Kier alpha value is -1.15. The molecule has 0 saturated heterocycles. The Morgan fingerprint density at radius 3 is 2.25 bits per heavy atom. The zero-order chi connectivity index (χ0) is 12.8. The topological polar surface area (TPSA) is 118 Å². The molecule has 0 saturated carbocycles. The van der Waals surface area contributed by atoms with Crippen molar-refractivity contribution in [3.8, 4) is 0 Å². The lowest BCUT2D eigenvalue weighted by atomic mass is 10.4. The highest BCUT2D eigenvalue weighted by atomic mass is 32.2. The van der Waals surface area contributed by atoms with E-state index in [0.717, 1.165) is 0 Å². The van der Waals surface area contributed by atoms with Gasteiger partial charge in [-0.3, -0.25) is 14.5 Å². The lowest BCUT2D eigenvalue weighted by Gasteiger charge is -2.17. The minimum Gasteiger partial charge on any atom is -0.480 e. The van der Waals surface area contributed by atoms with Crippen LogP contribution in [-0.2, 0) is 19.4 Å². The zero-order valence-electron chi connectivity index (χ0n) is 9.05. The van der Waals surface area contributed by atoms with Crippen LogP contribution in [0.4, 0.5) is 0 Å². The molecule has 0 bridgehead atoms. The van der Waals surface area contributed by atoms with E-state index in [1.807, 2.05) is 0 Å². The first-order valence-electron chi connectivity index (χ1n) is 4.69. The predicted molar refractivity (Wildman–Crippen MR) is 57.6 cm³/mol. The van der Waals surface area contributed by atoms with E-state index in [1.54, 1.807) is 0 Å². The number of nitrogens with zero attached hydrogens (tertiary/aromatic N) is 1. The predicted octanol–water partition coefficient (Wildman–Crippen LogP) is -1.71. The van der Waals surface area contributed by atoms with E-state index in [9.17, 15) is 18.0 Å². The summed E-state index contributed by atoms with van der Waals surface area (Å²) >= 11 is 0. The van der Waals surface area contributed by atoms with Crippen molar-refractivity contribution in [1.82, 2.24) is 4.90 Å². The van der Waals surface area contributed by atoms with Crippen LogP contribution in [0.1, 0.15) is 6.92 Å². The van der Waals surface area contributed by atoms with Gasteiger partial charge in [0.05, 0.1) is 18.8 Å². The van der Waals surface area contributed by atoms with Crippen molar-refractivity contribution in [1.29, 1.82) is 0 Å². The quantitative estimate of drug-likeness (QED) is 0.531. The van der Waals surface area contributed by atoms with Gasteiger partial charge in [0.1, 0.15) is 0 Å². The average molecular weight is 252 g/mol. The van der Waals surface area contributed by atoms with Gasteiger partial charge in [-0.25, -0.2) is 8.42 Å². The van der Waals surface area contributed by atoms with Gasteiger partial charge in [0.25, 0.3) is 0 Å². The molecule has 0 aromatic heterocycles. The highest BCUT2D eigenvalue weighted by Crippen LogP contribution is 1.94. The lowest BCUT2D eigenvalue weighted by molar-refractivity contribution is -0.138. The number of carbonyl (C=O) groups is 2. The second kappa shape index (κ2) is 6.44. The summed E-state index contributed by atoms with van der Waals surface area (Å²) in [6.45, 7) is 0.837. The molecular weight excluding hydrogens is 236 g/mol. The van der Waals surface area contributed by atoms with Gasteiger partial charge in [0.15, 0.2) is 9.84 Å². The minimum atomic E-state index is -3.17. The van der Waals surface area contributed by atoms with Crippen LogP contribution in [-0.4, -0.2) is 61.4 Å². The third kappa shape index (κ3) is 7.18. The molecule has 0 aliphatic rings. The molecule has 8 heteroatoms. The summed E-state index contributed by atoms with van der Waals surface area (Å²) in [4.78, 5) is 22.3. The first-order chi connectivity index (χ1) is 7.26. The van der Waals surface area contributed by atoms with E-state index in [2.05, 4.69) is 0 Å². The highest BCUT2D eigenvalue weighted by Gasteiger charge is 2.15. The van der Waals surface area contributed by atoms with Gasteiger partial charge >= 0.3 is 5.97 Å². The molecule has 94 valence electrons. The van der Waals surface area contributed by atoms with Crippen LogP contribution in [0.3, 0.4) is 0 Å². The summed E-state index contributed by atoms with van der Waals surface area (Å²) < 4.78 is 22.4. The highest BCUT2D eigenvalue weighted by molar-refractivity contribution is 7.91. The fourth-order valence-electron chi connectivity index (χ4n) is 1.04. The van der Waals surface area contributed by atoms with Crippen LogP contribution < -0.4 is 5.73 Å². The number of rotatable bonds is 8. The van der Waals surface area contributed by atoms with Gasteiger partial charge in [0.2, 0.25) is 5.91 Å². The fourth-order valence-corrected chi connectivity index (χ4v) is 1.86. The first kappa shape index (κ1) is 14.8. The van der Waals surface area contributed by atoms with E-state index in [4.69, 9.17) is 10.8 Å². The van der Waals surface area contributed by atoms with Gasteiger partial charge < -0.3 is 10.8 Å². The maximum absolute atomic E-state index is 11.2. The number of amides is 1. The lowest BCUT2D eigenvalue weighted by Crippen LogP contribution is -2.40. The van der Waals surface area contributed by atoms with Gasteiger partial charge in [-0.15, -0.1) is 0 Å². The van der Waals surface area contributed by atoms with E-state index >= 15 is 0 Å². The maximum atomic E-state index is 11.2. The van der Waals surface area contributed by atoms with Crippen LogP contribution in [0.2, 0.25) is 0 Å². The van der Waals surface area contributed by atoms with Gasteiger partial charge in [-0.05, 0) is 0 Å². The molecule has 3 N–H and O–H groups in total. The number of hydrogen-bond donors (Lipinski definition) is 2. The van der Waals surface area contributed by atoms with Crippen molar-refractivity contribution in [3.63, 3.8) is 0 Å². The molecule has 0 spiro atoms. The molecule has 0 atom stereocenters. The molecular formula is C8H16N2O5S. The molecule has 16 heavy (non-hydrogen) atoms. The fraction of sp³-hybridized carbons (Fsp3) is 0.750. The van der Waals surface area contributed by atoms with Crippen LogP contribution in [0, 0.1) is 0 Å². The zero-order valence-corrected chi connectivity index (χ0v) is 9.87. The van der Waals surface area contributed by atoms with Crippen LogP contribution in [0.15, 0.2) is 0 Å². The standard InChI is InChI=1S/C8H16N2O5S/c1-2-16(14,15)4-3-10(5-7(9)11)6-8(12)13/h2-6H2,1H3,(H2,9,11)(H,12,13). The summed E-state index contributed by atoms with van der Waals surface area (Å²) in [5.41, 5.74) is 4.92. The van der Waals surface area contributed by atoms with Crippen molar-refractivity contribution < 1.29 is 23.1 Å². The average Bonchev–Trinajstić information content (AvgIpc) is 2.13. The SMILES string of the molecule is CCS(=O)(=O)CCN(CC(N)=O)CC(=O)O. The molecule has 0 radical (unpaired) electrons. The normalized spacial score (nSPS) is 11.6. The number of primary amides is 1. The Labute approximate surface area is 94.1 Å². The smallest absolute Gasteiger partial charge is 0.317 e.